The summed E-state index contributed by atoms with van der Waals surface area (Å²) < 4.78 is 4.97. The minimum Gasteiger partial charge on any atom is -0.393 e. The predicted molar refractivity (Wildman–Crippen MR) is 84.0 cm³/mol. The average Bonchev–Trinajstić information content (AvgIpc) is 2.52. The van der Waals surface area contributed by atoms with Crippen LogP contribution in [0, 0.1) is 0 Å². The van der Waals surface area contributed by atoms with Crippen LogP contribution < -0.4 is 0 Å². The van der Waals surface area contributed by atoms with Crippen molar-refractivity contribution in [1.29, 1.82) is 0 Å². The Kier molecular flexibility index (Phi) is 10.0. The number of aliphatic hydroxyl groups is 1. The maximum atomic E-state index is 10.9. The maximum absolute atomic E-state index is 10.9. The summed E-state index contributed by atoms with van der Waals surface area (Å²) in [6.07, 6.45) is 3.33. The largest absolute Gasteiger partial charge is 0.393 e. The molecular weight excluding hydrogens is 289 g/mol. The molecule has 0 radical (unpaired) electrons. The van der Waals surface area contributed by atoms with Crippen molar-refractivity contribution < 1.29 is 19.3 Å². The lowest BCUT2D eigenvalue weighted by atomic mass is 10.1. The third-order valence-electron chi connectivity index (χ3n) is 3.00. The number of hydrogen-bond acceptors (Lipinski definition) is 4. The molecule has 0 fully saturated rings. The maximum Gasteiger partial charge on any atom is 0.233 e. The first-order valence-corrected chi connectivity index (χ1v) is 8.20. The van der Waals surface area contributed by atoms with Crippen molar-refractivity contribution >= 4 is 15.2 Å². The molecule has 118 valence electrons. The molecule has 0 saturated carbocycles. The molecule has 1 amide bonds. The van der Waals surface area contributed by atoms with Gasteiger partial charge in [-0.15, -0.1) is 0 Å². The van der Waals surface area contributed by atoms with Crippen molar-refractivity contribution in [2.75, 3.05) is 19.8 Å². The van der Waals surface area contributed by atoms with Crippen molar-refractivity contribution in [3.05, 3.63) is 35.9 Å². The van der Waals surface area contributed by atoms with Crippen LogP contribution in [0.25, 0.3) is 0 Å². The summed E-state index contributed by atoms with van der Waals surface area (Å²) in [5.41, 5.74) is 1.02. The van der Waals surface area contributed by atoms with E-state index in [9.17, 15) is 9.90 Å². The van der Waals surface area contributed by atoms with Gasteiger partial charge in [0.2, 0.25) is 6.41 Å². The van der Waals surface area contributed by atoms with Crippen molar-refractivity contribution in [2.24, 2.45) is 0 Å². The van der Waals surface area contributed by atoms with Crippen LogP contribution in [0.2, 0.25) is 0 Å². The van der Waals surface area contributed by atoms with Crippen molar-refractivity contribution in [2.45, 2.75) is 32.0 Å². The summed E-state index contributed by atoms with van der Waals surface area (Å²) in [4.78, 5) is 16.4. The van der Waals surface area contributed by atoms with Crippen LogP contribution in [0.4, 0.5) is 0 Å². The molecular formula is C15H24NO4P. The van der Waals surface area contributed by atoms with Gasteiger partial charge in [0.15, 0.2) is 0 Å². The van der Waals surface area contributed by atoms with Gasteiger partial charge in [0, 0.05) is 22.5 Å². The van der Waals surface area contributed by atoms with E-state index in [0.717, 1.165) is 18.1 Å². The fourth-order valence-electron chi connectivity index (χ4n) is 1.83. The van der Waals surface area contributed by atoms with Crippen LogP contribution in [0.1, 0.15) is 24.8 Å². The number of hydrogen-bond donors (Lipinski definition) is 1. The molecule has 1 aromatic rings. The molecule has 1 N–H and O–H groups in total. The van der Waals surface area contributed by atoms with Crippen LogP contribution in [0.5, 0.6) is 0 Å². The highest BCUT2D eigenvalue weighted by Gasteiger charge is 2.07. The Morgan fingerprint density at radius 2 is 2.10 bits per heavy atom. The number of carbonyl (C=O) groups excluding carboxylic acids is 1. The zero-order chi connectivity index (χ0) is 15.3. The summed E-state index contributed by atoms with van der Waals surface area (Å²) in [5, 5.41) is 11.1. The molecule has 0 bridgehead atoms. The molecule has 1 rings (SSSR count). The monoisotopic (exact) mass is 313 g/mol. The molecule has 0 heterocycles. The van der Waals surface area contributed by atoms with Crippen LogP contribution in [-0.2, 0) is 20.8 Å². The molecule has 1 unspecified atom stereocenters. The number of hydroxylamine groups is 2. The van der Waals surface area contributed by atoms with Crippen LogP contribution in [0.3, 0.4) is 0 Å². The van der Waals surface area contributed by atoms with Gasteiger partial charge in [0.05, 0.1) is 6.10 Å². The number of benzene rings is 1. The summed E-state index contributed by atoms with van der Waals surface area (Å²) in [7, 11) is 2.10. The Balaban J connectivity index is 2.14. The standard InChI is InChI=1S/C15H24NO4P/c1-19-21-11-9-15(18)8-5-10-16(13-17)20-12-14-6-3-2-4-7-14/h2-4,6-7,13,15,18,21H,5,8-12H2,1H3/t15-/m0/s1. The lowest BCUT2D eigenvalue weighted by molar-refractivity contribution is -0.177. The van der Waals surface area contributed by atoms with E-state index in [-0.39, 0.29) is 6.10 Å². The van der Waals surface area contributed by atoms with E-state index in [2.05, 4.69) is 0 Å². The van der Waals surface area contributed by atoms with Gasteiger partial charge in [0.25, 0.3) is 0 Å². The topological polar surface area (TPSA) is 59.0 Å². The lowest BCUT2D eigenvalue weighted by Crippen LogP contribution is -2.24. The Labute approximate surface area is 128 Å². The first-order chi connectivity index (χ1) is 10.3. The Morgan fingerprint density at radius 3 is 2.76 bits per heavy atom. The van der Waals surface area contributed by atoms with E-state index in [1.165, 1.54) is 5.06 Å². The van der Waals surface area contributed by atoms with E-state index < -0.39 is 0 Å². The number of carbonyl (C=O) groups is 1. The van der Waals surface area contributed by atoms with Gasteiger partial charge >= 0.3 is 0 Å². The Morgan fingerprint density at radius 1 is 1.33 bits per heavy atom. The van der Waals surface area contributed by atoms with E-state index in [1.807, 2.05) is 30.3 Å². The second-order valence-electron chi connectivity index (χ2n) is 4.69. The van der Waals surface area contributed by atoms with E-state index in [0.29, 0.717) is 41.2 Å². The molecule has 0 aliphatic heterocycles. The van der Waals surface area contributed by atoms with E-state index in [1.54, 1.807) is 7.11 Å². The van der Waals surface area contributed by atoms with Gasteiger partial charge in [-0.3, -0.25) is 9.63 Å². The summed E-state index contributed by atoms with van der Waals surface area (Å²) >= 11 is 0. The highest BCUT2D eigenvalue weighted by Crippen LogP contribution is 2.14. The molecule has 2 atom stereocenters. The third-order valence-corrected chi connectivity index (χ3v) is 3.78. The second-order valence-corrected chi connectivity index (χ2v) is 5.89. The third kappa shape index (κ3) is 8.79. The van der Waals surface area contributed by atoms with Crippen molar-refractivity contribution in [3.63, 3.8) is 0 Å². The minimum absolute atomic E-state index is 0.338. The molecule has 0 aromatic heterocycles. The SMILES string of the molecule is COPCC[C@@H](O)CCCN(C=O)OCc1ccccc1. The van der Waals surface area contributed by atoms with Crippen LogP contribution in [0.15, 0.2) is 30.3 Å². The quantitative estimate of drug-likeness (QED) is 0.278. The smallest absolute Gasteiger partial charge is 0.233 e. The fraction of sp³-hybridized carbons (Fsp3) is 0.533. The fourth-order valence-corrected chi connectivity index (χ4v) is 2.49. The molecule has 0 aliphatic carbocycles. The summed E-state index contributed by atoms with van der Waals surface area (Å²) in [5.74, 6) is 0. The molecule has 0 aliphatic rings. The number of aliphatic hydroxyl groups excluding tert-OH is 1. The Hall–Kier alpha value is -1.00. The molecule has 5 nitrogen and oxygen atoms in total. The van der Waals surface area contributed by atoms with Gasteiger partial charge in [-0.05, 0) is 31.0 Å². The molecule has 1 aromatic carbocycles. The predicted octanol–water partition coefficient (Wildman–Crippen LogP) is 2.35. The zero-order valence-electron chi connectivity index (χ0n) is 12.4. The lowest BCUT2D eigenvalue weighted by Gasteiger charge is -2.18. The van der Waals surface area contributed by atoms with Crippen LogP contribution in [-0.4, -0.2) is 42.5 Å². The normalized spacial score (nSPS) is 12.7. The second kappa shape index (κ2) is 11.6. The van der Waals surface area contributed by atoms with Gasteiger partial charge in [-0.1, -0.05) is 30.3 Å². The minimum atomic E-state index is -0.338. The van der Waals surface area contributed by atoms with Gasteiger partial charge in [-0.25, -0.2) is 5.06 Å². The average molecular weight is 313 g/mol. The number of amides is 1. The van der Waals surface area contributed by atoms with Crippen LogP contribution >= 0.6 is 8.81 Å². The van der Waals surface area contributed by atoms with Crippen molar-refractivity contribution in [3.8, 4) is 0 Å². The van der Waals surface area contributed by atoms with E-state index >= 15 is 0 Å². The Bertz CT molecular complexity index is 377. The zero-order valence-corrected chi connectivity index (χ0v) is 13.4. The molecule has 0 spiro atoms. The summed E-state index contributed by atoms with van der Waals surface area (Å²) in [6, 6.07) is 9.70. The van der Waals surface area contributed by atoms with Gasteiger partial charge in [0.1, 0.15) is 6.61 Å². The summed E-state index contributed by atoms with van der Waals surface area (Å²) in [6.45, 7) is 0.858. The van der Waals surface area contributed by atoms with Gasteiger partial charge in [-0.2, -0.15) is 0 Å². The number of rotatable bonds is 12. The van der Waals surface area contributed by atoms with Gasteiger partial charge < -0.3 is 9.63 Å². The highest BCUT2D eigenvalue weighted by molar-refractivity contribution is 7.32. The van der Waals surface area contributed by atoms with E-state index in [4.69, 9.17) is 9.36 Å². The highest BCUT2D eigenvalue weighted by atomic mass is 31.1. The molecule has 6 heteroatoms. The first-order valence-electron chi connectivity index (χ1n) is 7.09. The molecule has 0 saturated heterocycles. The van der Waals surface area contributed by atoms with Crippen molar-refractivity contribution in [1.82, 2.24) is 5.06 Å². The number of nitrogens with zero attached hydrogens (tertiary/aromatic N) is 1. The first kappa shape index (κ1) is 18.1. The molecule has 21 heavy (non-hydrogen) atoms.